The summed E-state index contributed by atoms with van der Waals surface area (Å²) < 4.78 is 94.1. The van der Waals surface area contributed by atoms with Crippen molar-refractivity contribution in [3.63, 3.8) is 0 Å². The topological polar surface area (TPSA) is 69.7 Å². The van der Waals surface area contributed by atoms with Gasteiger partial charge in [-0.3, -0.25) is 0 Å². The van der Waals surface area contributed by atoms with Crippen LogP contribution in [0.5, 0.6) is 0 Å². The third-order valence-corrected chi connectivity index (χ3v) is 5.05. The van der Waals surface area contributed by atoms with Crippen molar-refractivity contribution >= 4 is 17.9 Å². The minimum atomic E-state index is -5.90. The molecule has 0 aromatic heterocycles. The Bertz CT molecular complexity index is 1100. The molecule has 2 aliphatic rings. The van der Waals surface area contributed by atoms with Gasteiger partial charge in [0, 0.05) is 5.56 Å². The fourth-order valence-corrected chi connectivity index (χ4v) is 3.67. The van der Waals surface area contributed by atoms with Crippen LogP contribution in [0.25, 0.3) is 0 Å². The van der Waals surface area contributed by atoms with E-state index >= 15 is 0 Å². The first-order valence-electron chi connectivity index (χ1n) is 8.23. The molecule has 0 atom stereocenters. The maximum atomic E-state index is 14.2. The zero-order valence-corrected chi connectivity index (χ0v) is 14.5. The Hall–Kier alpha value is -3.37. The van der Waals surface area contributed by atoms with E-state index in [2.05, 4.69) is 9.47 Å². The Kier molecular flexibility index (Phi) is 4.03. The van der Waals surface area contributed by atoms with E-state index in [0.717, 1.165) is 6.07 Å². The molecule has 0 fully saturated rings. The SMILES string of the molecule is O=C1OCc2cc(C(c3ccc4c(c3)C(=O)OC4=O)(C(F)(F)F)C(F)(F)F)ccc21. The van der Waals surface area contributed by atoms with Crippen LogP contribution >= 0.6 is 0 Å². The molecule has 0 amide bonds. The van der Waals surface area contributed by atoms with Crippen LogP contribution in [-0.4, -0.2) is 30.3 Å². The Labute approximate surface area is 163 Å². The fraction of sp³-hybridized carbons (Fsp3) is 0.211. The van der Waals surface area contributed by atoms with Gasteiger partial charge in [-0.05, 0) is 35.4 Å². The molecule has 30 heavy (non-hydrogen) atoms. The lowest BCUT2D eigenvalue weighted by atomic mass is 9.71. The van der Waals surface area contributed by atoms with E-state index in [-0.39, 0.29) is 11.1 Å². The van der Waals surface area contributed by atoms with E-state index in [1.807, 2.05) is 0 Å². The zero-order valence-electron chi connectivity index (χ0n) is 14.5. The van der Waals surface area contributed by atoms with Gasteiger partial charge in [0.05, 0.1) is 16.7 Å². The zero-order chi connectivity index (χ0) is 22.1. The monoisotopic (exact) mass is 430 g/mol. The molecule has 4 rings (SSSR count). The third-order valence-electron chi connectivity index (χ3n) is 5.05. The number of hydrogen-bond acceptors (Lipinski definition) is 5. The van der Waals surface area contributed by atoms with Crippen LogP contribution in [0, 0.1) is 0 Å². The van der Waals surface area contributed by atoms with Gasteiger partial charge in [-0.15, -0.1) is 0 Å². The Morgan fingerprint density at radius 1 is 0.667 bits per heavy atom. The first-order chi connectivity index (χ1) is 13.9. The van der Waals surface area contributed by atoms with Crippen LogP contribution in [0.4, 0.5) is 26.3 Å². The maximum absolute atomic E-state index is 14.2. The summed E-state index contributed by atoms with van der Waals surface area (Å²) in [6.07, 6.45) is -11.8. The standard InChI is InChI=1S/C19H8F6O5/c20-18(21,22)17(19(23,24)25,9-1-3-11-8(5-9)7-29-14(11)26)10-2-4-12-13(6-10)16(28)30-15(12)27/h1-6H,7H2. The number of benzene rings is 2. The normalized spacial score (nSPS) is 16.3. The summed E-state index contributed by atoms with van der Waals surface area (Å²) in [6, 6.07) is 3.51. The fourth-order valence-electron chi connectivity index (χ4n) is 3.67. The number of carbonyl (C=O) groups excluding carboxylic acids is 3. The molecule has 2 aliphatic heterocycles. The molecule has 0 radical (unpaired) electrons. The lowest BCUT2D eigenvalue weighted by molar-refractivity contribution is -0.288. The van der Waals surface area contributed by atoms with Crippen molar-refractivity contribution in [3.8, 4) is 0 Å². The minimum Gasteiger partial charge on any atom is -0.457 e. The number of hydrogen-bond donors (Lipinski definition) is 0. The van der Waals surface area contributed by atoms with Crippen molar-refractivity contribution in [2.45, 2.75) is 24.4 Å². The third kappa shape index (κ3) is 2.54. The molecule has 156 valence electrons. The van der Waals surface area contributed by atoms with E-state index in [9.17, 15) is 40.7 Å². The molecule has 0 spiro atoms. The second-order valence-corrected chi connectivity index (χ2v) is 6.63. The van der Waals surface area contributed by atoms with Crippen LogP contribution in [-0.2, 0) is 21.5 Å². The number of carbonyl (C=O) groups is 3. The molecule has 0 saturated carbocycles. The largest absolute Gasteiger partial charge is 0.457 e. The Morgan fingerprint density at radius 3 is 1.80 bits per heavy atom. The van der Waals surface area contributed by atoms with Gasteiger partial charge in [0.25, 0.3) is 0 Å². The van der Waals surface area contributed by atoms with Gasteiger partial charge in [0.15, 0.2) is 0 Å². The predicted molar refractivity (Wildman–Crippen MR) is 84.6 cm³/mol. The summed E-state index contributed by atoms with van der Waals surface area (Å²) in [5, 5.41) is 0. The van der Waals surface area contributed by atoms with Gasteiger partial charge in [0.2, 0.25) is 5.41 Å². The molecular weight excluding hydrogens is 422 g/mol. The van der Waals surface area contributed by atoms with Gasteiger partial charge >= 0.3 is 30.3 Å². The first-order valence-corrected chi connectivity index (χ1v) is 8.23. The van der Waals surface area contributed by atoms with E-state index in [1.54, 1.807) is 0 Å². The number of halogens is 6. The smallest absolute Gasteiger partial charge is 0.411 e. The van der Waals surface area contributed by atoms with Crippen molar-refractivity contribution in [1.82, 2.24) is 0 Å². The van der Waals surface area contributed by atoms with Gasteiger partial charge < -0.3 is 9.47 Å². The van der Waals surface area contributed by atoms with Gasteiger partial charge in [-0.25, -0.2) is 14.4 Å². The van der Waals surface area contributed by atoms with Crippen LogP contribution < -0.4 is 0 Å². The van der Waals surface area contributed by atoms with Gasteiger partial charge in [-0.1, -0.05) is 12.1 Å². The van der Waals surface area contributed by atoms with Crippen molar-refractivity contribution in [2.24, 2.45) is 0 Å². The van der Waals surface area contributed by atoms with Crippen molar-refractivity contribution in [1.29, 1.82) is 0 Å². The number of rotatable bonds is 2. The maximum Gasteiger partial charge on any atom is 0.411 e. The van der Waals surface area contributed by atoms with Crippen LogP contribution in [0.15, 0.2) is 36.4 Å². The van der Waals surface area contributed by atoms with E-state index < -0.39 is 64.5 Å². The van der Waals surface area contributed by atoms with Crippen molar-refractivity contribution in [2.75, 3.05) is 0 Å². The van der Waals surface area contributed by atoms with E-state index in [0.29, 0.717) is 30.3 Å². The lowest BCUT2D eigenvalue weighted by Crippen LogP contribution is -2.54. The average molecular weight is 430 g/mol. The quantitative estimate of drug-likeness (QED) is 0.408. The van der Waals surface area contributed by atoms with E-state index in [1.165, 1.54) is 0 Å². The van der Waals surface area contributed by atoms with Crippen LogP contribution in [0.3, 0.4) is 0 Å². The molecule has 11 heteroatoms. The molecule has 2 heterocycles. The predicted octanol–water partition coefficient (Wildman–Crippen LogP) is 4.08. The van der Waals surface area contributed by atoms with Gasteiger partial charge in [-0.2, -0.15) is 26.3 Å². The Balaban J connectivity index is 2.04. The summed E-state index contributed by atoms with van der Waals surface area (Å²) in [4.78, 5) is 34.8. The average Bonchev–Trinajstić information content (AvgIpc) is 3.13. The summed E-state index contributed by atoms with van der Waals surface area (Å²) in [5.41, 5.74) is -8.48. The summed E-state index contributed by atoms with van der Waals surface area (Å²) in [6.45, 7) is -0.473. The number of cyclic esters (lactones) is 3. The number of fused-ring (bicyclic) bond motifs is 2. The van der Waals surface area contributed by atoms with Gasteiger partial charge in [0.1, 0.15) is 6.61 Å². The molecule has 5 nitrogen and oxygen atoms in total. The summed E-state index contributed by atoms with van der Waals surface area (Å²) in [5.74, 6) is -3.37. The first kappa shape index (κ1) is 19.9. The summed E-state index contributed by atoms with van der Waals surface area (Å²) in [7, 11) is 0. The second-order valence-electron chi connectivity index (χ2n) is 6.63. The highest BCUT2D eigenvalue weighted by atomic mass is 19.4. The highest BCUT2D eigenvalue weighted by molar-refractivity contribution is 6.14. The number of esters is 3. The highest BCUT2D eigenvalue weighted by Gasteiger charge is 2.72. The molecular formula is C19H8F6O5. The second kappa shape index (κ2) is 6.07. The molecule has 0 aliphatic carbocycles. The Morgan fingerprint density at radius 2 is 1.20 bits per heavy atom. The highest BCUT2D eigenvalue weighted by Crippen LogP contribution is 2.56. The van der Waals surface area contributed by atoms with Crippen LogP contribution in [0.2, 0.25) is 0 Å². The van der Waals surface area contributed by atoms with Crippen molar-refractivity contribution in [3.05, 3.63) is 69.8 Å². The number of alkyl halides is 6. The molecule has 2 aromatic carbocycles. The molecule has 0 N–H and O–H groups in total. The minimum absolute atomic E-state index is 0.133. The molecule has 0 unspecified atom stereocenters. The summed E-state index contributed by atoms with van der Waals surface area (Å²) >= 11 is 0. The molecule has 0 bridgehead atoms. The van der Waals surface area contributed by atoms with Crippen molar-refractivity contribution < 1.29 is 50.2 Å². The number of ether oxygens (including phenoxy) is 2. The van der Waals surface area contributed by atoms with Crippen LogP contribution in [0.1, 0.15) is 47.8 Å². The lowest BCUT2D eigenvalue weighted by Gasteiger charge is -2.38. The molecule has 2 aromatic rings. The molecule has 0 saturated heterocycles. The van der Waals surface area contributed by atoms with E-state index in [4.69, 9.17) is 0 Å².